The van der Waals surface area contributed by atoms with Crippen LogP contribution in [0.25, 0.3) is 0 Å². The van der Waals surface area contributed by atoms with Gasteiger partial charge in [-0.15, -0.1) is 6.58 Å². The largest absolute Gasteiger partial charge is 0.369 e. The van der Waals surface area contributed by atoms with Gasteiger partial charge in [0.1, 0.15) is 0 Å². The fourth-order valence-electron chi connectivity index (χ4n) is 2.59. The van der Waals surface area contributed by atoms with E-state index >= 15 is 0 Å². The fourth-order valence-corrected chi connectivity index (χ4v) is 2.59. The molecule has 1 heteroatoms. The molecule has 1 nitrogen and oxygen atoms in total. The third-order valence-electron chi connectivity index (χ3n) is 3.94. The molecule has 0 amide bonds. The van der Waals surface area contributed by atoms with Crippen LogP contribution < -0.4 is 0 Å². The van der Waals surface area contributed by atoms with Crippen LogP contribution in [0, 0.1) is 5.41 Å². The lowest BCUT2D eigenvalue weighted by Crippen LogP contribution is -2.03. The lowest BCUT2D eigenvalue weighted by Gasteiger charge is -2.17. The second kappa shape index (κ2) is 9.39. The van der Waals surface area contributed by atoms with E-state index in [1.54, 1.807) is 0 Å². The highest BCUT2D eigenvalue weighted by atomic mass is 16.6. The molecule has 0 radical (unpaired) electrons. The van der Waals surface area contributed by atoms with E-state index in [4.69, 9.17) is 4.74 Å². The van der Waals surface area contributed by atoms with E-state index in [2.05, 4.69) is 39.5 Å². The van der Waals surface area contributed by atoms with Crippen LogP contribution in [0.5, 0.6) is 0 Å². The molecule has 2 unspecified atom stereocenters. The van der Waals surface area contributed by atoms with E-state index in [1.807, 2.05) is 6.08 Å². The molecule has 0 aromatic carbocycles. The zero-order valence-electron chi connectivity index (χ0n) is 13.9. The Morgan fingerprint density at radius 3 is 2.35 bits per heavy atom. The third-order valence-corrected chi connectivity index (χ3v) is 3.94. The van der Waals surface area contributed by atoms with Crippen LogP contribution in [-0.2, 0) is 4.74 Å². The standard InChI is InChI=1S/C19H34O/c1-5-6-7-11-14-17-18(20-17)15-12-9-8-10-13-16-19(2,3)4/h5,7,11,17-18H,1,6,8-10,12-16H2,2-4H3/b11-7-. The minimum atomic E-state index is 0.508. The van der Waals surface area contributed by atoms with Crippen LogP contribution in [-0.4, -0.2) is 12.2 Å². The summed E-state index contributed by atoms with van der Waals surface area (Å²) in [5, 5.41) is 0. The molecule has 1 saturated heterocycles. The Bertz CT molecular complexity index is 285. The molecule has 1 aliphatic rings. The van der Waals surface area contributed by atoms with Gasteiger partial charge in [-0.2, -0.15) is 0 Å². The Hall–Kier alpha value is -0.560. The van der Waals surface area contributed by atoms with Gasteiger partial charge in [0.05, 0.1) is 12.2 Å². The summed E-state index contributed by atoms with van der Waals surface area (Å²) in [5.41, 5.74) is 0.508. The molecule has 1 aliphatic heterocycles. The van der Waals surface area contributed by atoms with Gasteiger partial charge in [-0.1, -0.05) is 71.1 Å². The van der Waals surface area contributed by atoms with Crippen molar-refractivity contribution in [3.05, 3.63) is 24.8 Å². The molecule has 116 valence electrons. The smallest absolute Gasteiger partial charge is 0.0876 e. The maximum Gasteiger partial charge on any atom is 0.0876 e. The lowest BCUT2D eigenvalue weighted by atomic mass is 9.89. The first kappa shape index (κ1) is 17.5. The van der Waals surface area contributed by atoms with Gasteiger partial charge >= 0.3 is 0 Å². The molecule has 0 bridgehead atoms. The van der Waals surface area contributed by atoms with Crippen molar-refractivity contribution in [3.63, 3.8) is 0 Å². The van der Waals surface area contributed by atoms with E-state index in [1.165, 1.54) is 44.9 Å². The number of hydrogen-bond acceptors (Lipinski definition) is 1. The summed E-state index contributed by atoms with van der Waals surface area (Å²) in [6.07, 6.45) is 19.0. The van der Waals surface area contributed by atoms with Crippen molar-refractivity contribution < 1.29 is 4.74 Å². The molecule has 0 spiro atoms. The lowest BCUT2D eigenvalue weighted by molar-refractivity contribution is 0.350. The maximum absolute atomic E-state index is 5.69. The van der Waals surface area contributed by atoms with E-state index in [-0.39, 0.29) is 0 Å². The Balaban J connectivity index is 1.85. The topological polar surface area (TPSA) is 12.5 Å². The molecule has 0 aromatic heterocycles. The number of hydrogen-bond donors (Lipinski definition) is 0. The van der Waals surface area contributed by atoms with E-state index in [0.717, 1.165) is 12.8 Å². The van der Waals surface area contributed by atoms with Crippen molar-refractivity contribution in [2.75, 3.05) is 0 Å². The predicted octanol–water partition coefficient (Wildman–Crippen LogP) is 6.05. The van der Waals surface area contributed by atoms with Gasteiger partial charge in [0.2, 0.25) is 0 Å². The number of allylic oxidation sites excluding steroid dienone is 2. The van der Waals surface area contributed by atoms with Crippen LogP contribution in [0.4, 0.5) is 0 Å². The fraction of sp³-hybridized carbons (Fsp3) is 0.789. The van der Waals surface area contributed by atoms with Gasteiger partial charge in [-0.05, 0) is 31.1 Å². The minimum absolute atomic E-state index is 0.508. The van der Waals surface area contributed by atoms with Crippen molar-refractivity contribution in [1.29, 1.82) is 0 Å². The highest BCUT2D eigenvalue weighted by Gasteiger charge is 2.36. The summed E-state index contributed by atoms with van der Waals surface area (Å²) in [7, 11) is 0. The summed E-state index contributed by atoms with van der Waals surface area (Å²) in [6.45, 7) is 10.7. The summed E-state index contributed by atoms with van der Waals surface area (Å²) in [4.78, 5) is 0. The zero-order valence-corrected chi connectivity index (χ0v) is 13.9. The van der Waals surface area contributed by atoms with Gasteiger partial charge in [0, 0.05) is 0 Å². The van der Waals surface area contributed by atoms with Crippen molar-refractivity contribution in [1.82, 2.24) is 0 Å². The molecule has 0 saturated carbocycles. The van der Waals surface area contributed by atoms with Gasteiger partial charge in [-0.25, -0.2) is 0 Å². The molecule has 1 heterocycles. The number of epoxide rings is 1. The molecule has 0 N–H and O–H groups in total. The van der Waals surface area contributed by atoms with Crippen LogP contribution in [0.1, 0.15) is 78.6 Å². The summed E-state index contributed by atoms with van der Waals surface area (Å²) < 4.78 is 5.69. The quantitative estimate of drug-likeness (QED) is 0.254. The molecule has 0 aliphatic carbocycles. The number of ether oxygens (including phenoxy) is 1. The molecule has 1 fully saturated rings. The Morgan fingerprint density at radius 1 is 0.950 bits per heavy atom. The number of unbranched alkanes of at least 4 members (excludes halogenated alkanes) is 4. The molecule has 1 rings (SSSR count). The highest BCUT2D eigenvalue weighted by Crippen LogP contribution is 2.30. The van der Waals surface area contributed by atoms with Gasteiger partial charge < -0.3 is 4.74 Å². The summed E-state index contributed by atoms with van der Waals surface area (Å²) >= 11 is 0. The Morgan fingerprint density at radius 2 is 1.65 bits per heavy atom. The molecular weight excluding hydrogens is 244 g/mol. The first-order valence-electron chi connectivity index (χ1n) is 8.44. The van der Waals surface area contributed by atoms with E-state index in [0.29, 0.717) is 17.6 Å². The second-order valence-corrected chi connectivity index (χ2v) is 7.31. The summed E-state index contributed by atoms with van der Waals surface area (Å²) in [5.74, 6) is 0. The Kier molecular flexibility index (Phi) is 8.21. The third kappa shape index (κ3) is 9.36. The maximum atomic E-state index is 5.69. The van der Waals surface area contributed by atoms with Crippen molar-refractivity contribution in [2.24, 2.45) is 5.41 Å². The normalized spacial score (nSPS) is 22.4. The zero-order chi connectivity index (χ0) is 14.8. The van der Waals surface area contributed by atoms with Crippen molar-refractivity contribution >= 4 is 0 Å². The van der Waals surface area contributed by atoms with Crippen LogP contribution in [0.2, 0.25) is 0 Å². The van der Waals surface area contributed by atoms with E-state index < -0.39 is 0 Å². The Labute approximate surface area is 126 Å². The summed E-state index contributed by atoms with van der Waals surface area (Å²) in [6, 6.07) is 0. The second-order valence-electron chi connectivity index (χ2n) is 7.31. The van der Waals surface area contributed by atoms with Gasteiger partial charge in [-0.3, -0.25) is 0 Å². The predicted molar refractivity (Wildman–Crippen MR) is 89.0 cm³/mol. The monoisotopic (exact) mass is 278 g/mol. The molecule has 0 aromatic rings. The highest BCUT2D eigenvalue weighted by molar-refractivity contribution is 4.95. The van der Waals surface area contributed by atoms with Crippen molar-refractivity contribution in [3.8, 4) is 0 Å². The average molecular weight is 278 g/mol. The first-order chi connectivity index (χ1) is 9.53. The van der Waals surface area contributed by atoms with Crippen molar-refractivity contribution in [2.45, 2.75) is 90.8 Å². The molecule has 20 heavy (non-hydrogen) atoms. The minimum Gasteiger partial charge on any atom is -0.369 e. The molecule has 2 atom stereocenters. The SMILES string of the molecule is C=CC/C=C\CC1OC1CCCCCCCC(C)(C)C. The van der Waals surface area contributed by atoms with Crippen LogP contribution in [0.15, 0.2) is 24.8 Å². The average Bonchev–Trinajstić information content (AvgIpc) is 3.11. The molecular formula is C19H34O. The van der Waals surface area contributed by atoms with Gasteiger partial charge in [0.25, 0.3) is 0 Å². The van der Waals surface area contributed by atoms with E-state index in [9.17, 15) is 0 Å². The number of rotatable bonds is 11. The van der Waals surface area contributed by atoms with Gasteiger partial charge in [0.15, 0.2) is 0 Å². The van der Waals surface area contributed by atoms with Crippen LogP contribution >= 0.6 is 0 Å². The van der Waals surface area contributed by atoms with Crippen LogP contribution in [0.3, 0.4) is 0 Å². The first-order valence-corrected chi connectivity index (χ1v) is 8.44.